The quantitative estimate of drug-likeness (QED) is 0.675. The zero-order valence-electron chi connectivity index (χ0n) is 14.9. The van der Waals surface area contributed by atoms with Crippen molar-refractivity contribution in [3.05, 3.63) is 63.1 Å². The fourth-order valence-corrected chi connectivity index (χ4v) is 4.25. The third kappa shape index (κ3) is 3.56. The monoisotopic (exact) mass is 406 g/mol. The molecule has 2 aromatic carbocycles. The molecule has 1 aliphatic carbocycles. The molecular weight excluding hydrogens is 387 g/mol. The van der Waals surface area contributed by atoms with Gasteiger partial charge in [0.25, 0.3) is 0 Å². The van der Waals surface area contributed by atoms with Gasteiger partial charge in [0, 0.05) is 5.56 Å². The number of aliphatic carboxylic acids is 1. The van der Waals surface area contributed by atoms with Crippen molar-refractivity contribution in [2.24, 2.45) is 0 Å². The average molecular weight is 407 g/mol. The first-order chi connectivity index (χ1) is 12.9. The van der Waals surface area contributed by atoms with Gasteiger partial charge >= 0.3 is 5.97 Å². The van der Waals surface area contributed by atoms with E-state index in [9.17, 15) is 9.59 Å². The van der Waals surface area contributed by atoms with E-state index in [1.54, 1.807) is 6.07 Å². The van der Waals surface area contributed by atoms with E-state index in [1.807, 2.05) is 30.3 Å². The zero-order valence-corrected chi connectivity index (χ0v) is 16.4. The van der Waals surface area contributed by atoms with Crippen LogP contribution in [0.5, 0.6) is 5.75 Å². The lowest BCUT2D eigenvalue weighted by atomic mass is 9.73. The van der Waals surface area contributed by atoms with Crippen LogP contribution in [-0.4, -0.2) is 23.5 Å². The van der Waals surface area contributed by atoms with E-state index in [1.165, 1.54) is 0 Å². The number of rotatable bonds is 7. The van der Waals surface area contributed by atoms with Crippen LogP contribution in [0, 0.1) is 0 Å². The number of unbranched alkanes of at least 4 members (excludes halogenated alkanes) is 1. The van der Waals surface area contributed by atoms with Crippen LogP contribution in [0.15, 0.2) is 36.4 Å². The highest BCUT2D eigenvalue weighted by molar-refractivity contribution is 6.45. The van der Waals surface area contributed by atoms with Crippen LogP contribution in [0.25, 0.3) is 0 Å². The van der Waals surface area contributed by atoms with E-state index in [-0.39, 0.29) is 21.6 Å². The second-order valence-corrected chi connectivity index (χ2v) is 7.53. The van der Waals surface area contributed by atoms with Crippen molar-refractivity contribution in [3.8, 4) is 5.75 Å². The lowest BCUT2D eigenvalue weighted by Gasteiger charge is -2.28. The summed E-state index contributed by atoms with van der Waals surface area (Å²) >= 11 is 12.7. The standard InChI is InChI=1S/C21H20Cl2O4/c1-2-3-9-21(14-7-5-4-6-8-14)11-13-10-15(27-12-16(24)25)18(22)19(23)17(13)20(21)26/h4-8,10H,2-3,9,11-12H2,1H3,(H,24,25)/t21-/m1/s1. The van der Waals surface area contributed by atoms with Crippen LogP contribution in [0.2, 0.25) is 10.0 Å². The number of carboxylic acids is 1. The number of hydrogen-bond donors (Lipinski definition) is 1. The fraction of sp³-hybridized carbons (Fsp3) is 0.333. The SMILES string of the molecule is CCCC[C@]1(c2ccccc2)Cc2cc(OCC(=O)O)c(Cl)c(Cl)c2C1=O. The van der Waals surface area contributed by atoms with E-state index in [0.29, 0.717) is 18.4 Å². The Hall–Kier alpha value is -2.04. The summed E-state index contributed by atoms with van der Waals surface area (Å²) in [7, 11) is 0. The second kappa shape index (κ2) is 7.91. The van der Waals surface area contributed by atoms with Gasteiger partial charge in [-0.25, -0.2) is 4.79 Å². The molecule has 0 heterocycles. The normalized spacial score (nSPS) is 18.4. The smallest absolute Gasteiger partial charge is 0.341 e. The van der Waals surface area contributed by atoms with Crippen LogP contribution in [-0.2, 0) is 16.6 Å². The molecule has 0 fully saturated rings. The topological polar surface area (TPSA) is 63.6 Å². The predicted octanol–water partition coefficient (Wildman–Crippen LogP) is 5.32. The number of ether oxygens (including phenoxy) is 1. The first-order valence-corrected chi connectivity index (χ1v) is 9.62. The molecule has 3 rings (SSSR count). The second-order valence-electron chi connectivity index (χ2n) is 6.78. The number of carbonyl (C=O) groups is 2. The van der Waals surface area contributed by atoms with Crippen molar-refractivity contribution in [1.29, 1.82) is 0 Å². The minimum atomic E-state index is -1.11. The number of Topliss-reactive ketones (excluding diaryl/α,β-unsaturated/α-hetero) is 1. The van der Waals surface area contributed by atoms with Crippen LogP contribution < -0.4 is 4.74 Å². The van der Waals surface area contributed by atoms with Gasteiger partial charge in [-0.2, -0.15) is 0 Å². The summed E-state index contributed by atoms with van der Waals surface area (Å²) in [6.45, 7) is 1.56. The molecule has 4 nitrogen and oxygen atoms in total. The van der Waals surface area contributed by atoms with E-state index in [0.717, 1.165) is 24.0 Å². The van der Waals surface area contributed by atoms with Crippen LogP contribution in [0.3, 0.4) is 0 Å². The summed E-state index contributed by atoms with van der Waals surface area (Å²) in [5.74, 6) is -0.954. The summed E-state index contributed by atoms with van der Waals surface area (Å²) in [4.78, 5) is 24.3. The molecule has 142 valence electrons. The third-order valence-electron chi connectivity index (χ3n) is 5.04. The van der Waals surface area contributed by atoms with Crippen LogP contribution in [0.4, 0.5) is 0 Å². The molecule has 0 aliphatic heterocycles. The molecule has 1 N–H and O–H groups in total. The number of carboxylic acid groups (broad SMARTS) is 1. The fourth-order valence-electron chi connectivity index (χ4n) is 3.74. The maximum atomic E-state index is 13.5. The number of halogens is 2. The highest BCUT2D eigenvalue weighted by Gasteiger charge is 2.48. The lowest BCUT2D eigenvalue weighted by molar-refractivity contribution is -0.139. The van der Waals surface area contributed by atoms with Gasteiger partial charge in [-0.3, -0.25) is 4.79 Å². The molecule has 27 heavy (non-hydrogen) atoms. The maximum absolute atomic E-state index is 13.5. The van der Waals surface area contributed by atoms with Gasteiger partial charge in [0.2, 0.25) is 0 Å². The van der Waals surface area contributed by atoms with E-state index in [4.69, 9.17) is 33.0 Å². The summed E-state index contributed by atoms with van der Waals surface area (Å²) in [6, 6.07) is 11.4. The minimum Gasteiger partial charge on any atom is -0.480 e. The summed E-state index contributed by atoms with van der Waals surface area (Å²) < 4.78 is 5.27. The van der Waals surface area contributed by atoms with Gasteiger partial charge in [0.1, 0.15) is 10.8 Å². The molecular formula is C21H20Cl2O4. The highest BCUT2D eigenvalue weighted by Crippen LogP contribution is 2.49. The van der Waals surface area contributed by atoms with Crippen molar-refractivity contribution in [3.63, 3.8) is 0 Å². The number of ketones is 1. The zero-order chi connectivity index (χ0) is 19.6. The molecule has 1 aliphatic rings. The Balaban J connectivity index is 2.08. The maximum Gasteiger partial charge on any atom is 0.341 e. The third-order valence-corrected chi connectivity index (χ3v) is 5.89. The Morgan fingerprint density at radius 1 is 1.22 bits per heavy atom. The molecule has 1 atom stereocenters. The van der Waals surface area contributed by atoms with Gasteiger partial charge in [-0.1, -0.05) is 73.3 Å². The molecule has 0 radical (unpaired) electrons. The highest BCUT2D eigenvalue weighted by atomic mass is 35.5. The van der Waals surface area contributed by atoms with Gasteiger partial charge in [-0.15, -0.1) is 0 Å². The molecule has 0 unspecified atom stereocenters. The molecule has 0 saturated carbocycles. The van der Waals surface area contributed by atoms with Gasteiger partial charge in [0.15, 0.2) is 12.4 Å². The predicted molar refractivity (Wildman–Crippen MR) is 105 cm³/mol. The Morgan fingerprint density at radius 3 is 2.56 bits per heavy atom. The first-order valence-electron chi connectivity index (χ1n) is 8.86. The van der Waals surface area contributed by atoms with Crippen LogP contribution in [0.1, 0.15) is 47.7 Å². The van der Waals surface area contributed by atoms with E-state index >= 15 is 0 Å². The first kappa shape index (κ1) is 19.7. The molecule has 0 saturated heterocycles. The van der Waals surface area contributed by atoms with E-state index < -0.39 is 18.0 Å². The Morgan fingerprint density at radius 2 is 1.93 bits per heavy atom. The largest absolute Gasteiger partial charge is 0.480 e. The van der Waals surface area contributed by atoms with Crippen molar-refractivity contribution in [1.82, 2.24) is 0 Å². The van der Waals surface area contributed by atoms with Crippen molar-refractivity contribution >= 4 is 35.0 Å². The van der Waals surface area contributed by atoms with Crippen molar-refractivity contribution < 1.29 is 19.4 Å². The number of hydrogen-bond acceptors (Lipinski definition) is 3. The number of benzene rings is 2. The summed E-state index contributed by atoms with van der Waals surface area (Å²) in [5.41, 5.74) is 1.44. The van der Waals surface area contributed by atoms with Crippen molar-refractivity contribution in [2.75, 3.05) is 6.61 Å². The van der Waals surface area contributed by atoms with Gasteiger partial charge in [-0.05, 0) is 30.0 Å². The van der Waals surface area contributed by atoms with Crippen molar-refractivity contribution in [2.45, 2.75) is 38.0 Å². The van der Waals surface area contributed by atoms with Gasteiger partial charge < -0.3 is 9.84 Å². The average Bonchev–Trinajstić information content (AvgIpc) is 2.95. The molecule has 6 heteroatoms. The molecule has 0 bridgehead atoms. The Labute approximate surface area is 168 Å². The van der Waals surface area contributed by atoms with Gasteiger partial charge in [0.05, 0.1) is 10.4 Å². The lowest BCUT2D eigenvalue weighted by Crippen LogP contribution is -2.33. The Kier molecular flexibility index (Phi) is 5.78. The van der Waals surface area contributed by atoms with E-state index in [2.05, 4.69) is 6.92 Å². The summed E-state index contributed by atoms with van der Waals surface area (Å²) in [5, 5.41) is 9.05. The minimum absolute atomic E-state index is 0.0335. The summed E-state index contributed by atoms with van der Waals surface area (Å²) in [6.07, 6.45) is 3.08. The Bertz CT molecular complexity index is 879. The number of fused-ring (bicyclic) bond motifs is 1. The molecule has 0 amide bonds. The molecule has 2 aromatic rings. The van der Waals surface area contributed by atoms with Crippen LogP contribution >= 0.6 is 23.2 Å². The number of carbonyl (C=O) groups excluding carboxylic acids is 1. The molecule has 0 aromatic heterocycles. The molecule has 0 spiro atoms.